The van der Waals surface area contributed by atoms with Gasteiger partial charge in [0.25, 0.3) is 0 Å². The Bertz CT molecular complexity index is 832. The maximum atomic E-state index is 11.5. The van der Waals surface area contributed by atoms with Crippen molar-refractivity contribution < 1.29 is 43.4 Å². The summed E-state index contributed by atoms with van der Waals surface area (Å²) in [7, 11) is -3.77. The van der Waals surface area contributed by atoms with Crippen molar-refractivity contribution in [1.29, 1.82) is 0 Å². The number of rotatable bonds is 7. The molecule has 11 atom stereocenters. The van der Waals surface area contributed by atoms with E-state index in [1.165, 1.54) is 6.92 Å². The number of nitrogens with one attached hydrogen (secondary N) is 1. The van der Waals surface area contributed by atoms with Gasteiger partial charge in [0.05, 0.1) is 42.8 Å². The molecule has 1 saturated carbocycles. The molecule has 2 aliphatic rings. The van der Waals surface area contributed by atoms with Crippen LogP contribution in [0.2, 0.25) is 0 Å². The average molecular weight is 467 g/mol. The Balaban J connectivity index is 2.33. The highest BCUT2D eigenvalue weighted by molar-refractivity contribution is 7.88. The zero-order chi connectivity index (χ0) is 23.5. The Morgan fingerprint density at radius 1 is 1.10 bits per heavy atom. The topological polar surface area (TPSA) is 263 Å². The van der Waals surface area contributed by atoms with Crippen molar-refractivity contribution in [2.24, 2.45) is 10.2 Å². The van der Waals surface area contributed by atoms with E-state index in [1.807, 2.05) is 0 Å². The van der Waals surface area contributed by atoms with Gasteiger partial charge in [-0.3, -0.25) is 0 Å². The van der Waals surface area contributed by atoms with Crippen molar-refractivity contribution in [3.63, 3.8) is 0 Å². The SMILES string of the molecule is C[C@@H](O)C1O[C@H](O[C@@H]2C(N=[N+]=[N-])C[C@@H](NS(C)(=O)=O)C(O)C2O)C(N=[N+]=[N-])C(O)[C@@H]1O. The predicted octanol–water partition coefficient (Wildman–Crippen LogP) is -2.40. The van der Waals surface area contributed by atoms with E-state index in [9.17, 15) is 34.0 Å². The van der Waals surface area contributed by atoms with Gasteiger partial charge < -0.3 is 35.0 Å². The van der Waals surface area contributed by atoms with E-state index in [2.05, 4.69) is 24.8 Å². The van der Waals surface area contributed by atoms with Gasteiger partial charge in [-0.15, -0.1) is 0 Å². The Morgan fingerprint density at radius 3 is 2.23 bits per heavy atom. The minimum atomic E-state index is -3.77. The summed E-state index contributed by atoms with van der Waals surface area (Å²) in [5.41, 5.74) is 17.6. The number of sulfonamides is 1. The van der Waals surface area contributed by atoms with Gasteiger partial charge in [-0.1, -0.05) is 10.2 Å². The number of azide groups is 2. The third-order valence-corrected chi connectivity index (χ3v) is 5.83. The van der Waals surface area contributed by atoms with E-state index < -0.39 is 77.2 Å². The van der Waals surface area contributed by atoms with Gasteiger partial charge in [-0.2, -0.15) is 0 Å². The summed E-state index contributed by atoms with van der Waals surface area (Å²) < 4.78 is 36.2. The molecule has 6 N–H and O–H groups in total. The standard InChI is InChI=1S/C14H25N7O9S/c1-4(22)12-11(26)9(24)7(18-21-16)14(29-12)30-13-6(17-20-15)3-5(8(23)10(13)25)19-31(2,27)28/h4-14,19,22-26H,3H2,1-2H3/t4-,5-,6?,7?,8?,9?,10?,11+,12?,13-,14-/m1/s1. The predicted molar refractivity (Wildman–Crippen MR) is 101 cm³/mol. The van der Waals surface area contributed by atoms with E-state index in [4.69, 9.17) is 20.5 Å². The molecule has 0 aromatic heterocycles. The number of nitrogens with zero attached hydrogens (tertiary/aromatic N) is 6. The van der Waals surface area contributed by atoms with Crippen LogP contribution in [0.25, 0.3) is 20.9 Å². The van der Waals surface area contributed by atoms with Crippen molar-refractivity contribution in [1.82, 2.24) is 4.72 Å². The van der Waals surface area contributed by atoms with Crippen LogP contribution in [0.4, 0.5) is 0 Å². The summed E-state index contributed by atoms with van der Waals surface area (Å²) in [6.45, 7) is 1.27. The lowest BCUT2D eigenvalue weighted by molar-refractivity contribution is -0.301. The molecular formula is C14H25N7O9S. The lowest BCUT2D eigenvalue weighted by atomic mass is 9.84. The fourth-order valence-corrected chi connectivity index (χ4v) is 4.44. The van der Waals surface area contributed by atoms with E-state index in [1.54, 1.807) is 0 Å². The summed E-state index contributed by atoms with van der Waals surface area (Å²) in [5, 5.41) is 57.9. The van der Waals surface area contributed by atoms with Crippen molar-refractivity contribution in [3.05, 3.63) is 20.9 Å². The van der Waals surface area contributed by atoms with E-state index in [-0.39, 0.29) is 6.42 Å². The maximum absolute atomic E-state index is 11.5. The quantitative estimate of drug-likeness (QED) is 0.132. The molecule has 176 valence electrons. The van der Waals surface area contributed by atoms with Crippen LogP contribution in [0.3, 0.4) is 0 Å². The molecule has 16 nitrogen and oxygen atoms in total. The summed E-state index contributed by atoms with van der Waals surface area (Å²) in [4.78, 5) is 5.20. The highest BCUT2D eigenvalue weighted by Crippen LogP contribution is 2.32. The molecule has 0 aromatic carbocycles. The largest absolute Gasteiger partial charge is 0.391 e. The molecule has 1 heterocycles. The minimum absolute atomic E-state index is 0.260. The van der Waals surface area contributed by atoms with E-state index in [0.717, 1.165) is 6.26 Å². The Labute approximate surface area is 176 Å². The summed E-state index contributed by atoms with van der Waals surface area (Å²) >= 11 is 0. The van der Waals surface area contributed by atoms with Crippen LogP contribution in [0.15, 0.2) is 10.2 Å². The maximum Gasteiger partial charge on any atom is 0.209 e. The molecule has 2 rings (SSSR count). The third kappa shape index (κ3) is 5.94. The fraction of sp³-hybridized carbons (Fsp3) is 1.00. The molecule has 6 unspecified atom stereocenters. The summed E-state index contributed by atoms with van der Waals surface area (Å²) in [5.74, 6) is 0. The first-order chi connectivity index (χ1) is 14.4. The first-order valence-corrected chi connectivity index (χ1v) is 11.1. The van der Waals surface area contributed by atoms with Crippen LogP contribution in [-0.4, -0.2) is 107 Å². The number of hydrogen-bond acceptors (Lipinski definition) is 11. The lowest BCUT2D eigenvalue weighted by Gasteiger charge is -2.46. The minimum Gasteiger partial charge on any atom is -0.391 e. The Morgan fingerprint density at radius 2 is 1.71 bits per heavy atom. The number of aliphatic hydroxyl groups is 5. The van der Waals surface area contributed by atoms with Crippen LogP contribution < -0.4 is 4.72 Å². The van der Waals surface area contributed by atoms with E-state index in [0.29, 0.717) is 0 Å². The molecule has 1 aliphatic carbocycles. The summed E-state index contributed by atoms with van der Waals surface area (Å²) in [6.07, 6.45) is -11.9. The highest BCUT2D eigenvalue weighted by Gasteiger charge is 2.51. The Kier molecular flexibility index (Phi) is 8.43. The number of aliphatic hydroxyl groups excluding tert-OH is 5. The van der Waals surface area contributed by atoms with Crippen LogP contribution >= 0.6 is 0 Å². The molecule has 0 amide bonds. The van der Waals surface area contributed by atoms with E-state index >= 15 is 0 Å². The fourth-order valence-electron chi connectivity index (χ4n) is 3.66. The molecule has 0 radical (unpaired) electrons. The second-order valence-corrected chi connectivity index (χ2v) is 9.25. The Hall–Kier alpha value is -1.75. The third-order valence-electron chi connectivity index (χ3n) is 5.10. The number of ether oxygens (including phenoxy) is 2. The van der Waals surface area contributed by atoms with Gasteiger partial charge in [-0.25, -0.2) is 13.1 Å². The van der Waals surface area contributed by atoms with Crippen LogP contribution in [0.5, 0.6) is 0 Å². The van der Waals surface area contributed by atoms with Crippen molar-refractivity contribution in [2.75, 3.05) is 6.26 Å². The molecule has 17 heteroatoms. The van der Waals surface area contributed by atoms with Gasteiger partial charge in [0.15, 0.2) is 6.29 Å². The second kappa shape index (κ2) is 10.2. The van der Waals surface area contributed by atoms with Gasteiger partial charge in [0, 0.05) is 9.82 Å². The van der Waals surface area contributed by atoms with Crippen LogP contribution in [0.1, 0.15) is 13.3 Å². The summed E-state index contributed by atoms with van der Waals surface area (Å²) in [6, 6.07) is -3.91. The van der Waals surface area contributed by atoms with Crippen molar-refractivity contribution in [3.8, 4) is 0 Å². The lowest BCUT2D eigenvalue weighted by Crippen LogP contribution is -2.65. The first-order valence-electron chi connectivity index (χ1n) is 9.18. The number of hydrogen-bond donors (Lipinski definition) is 6. The molecule has 2 fully saturated rings. The van der Waals surface area contributed by atoms with Gasteiger partial charge in [0.1, 0.15) is 24.4 Å². The first kappa shape index (κ1) is 25.5. The van der Waals surface area contributed by atoms with Crippen molar-refractivity contribution in [2.45, 2.75) is 80.5 Å². The average Bonchev–Trinajstić information content (AvgIpc) is 2.66. The normalized spacial score (nSPS) is 42.2. The van der Waals surface area contributed by atoms with Gasteiger partial charge in [0.2, 0.25) is 10.0 Å². The van der Waals surface area contributed by atoms with Crippen LogP contribution in [-0.2, 0) is 19.5 Å². The smallest absolute Gasteiger partial charge is 0.209 e. The molecule has 1 aliphatic heterocycles. The zero-order valence-corrected chi connectivity index (χ0v) is 17.3. The van der Waals surface area contributed by atoms with Crippen molar-refractivity contribution >= 4 is 10.0 Å². The molecule has 1 saturated heterocycles. The second-order valence-electron chi connectivity index (χ2n) is 7.47. The highest BCUT2D eigenvalue weighted by atomic mass is 32.2. The molecule has 0 spiro atoms. The van der Waals surface area contributed by atoms with Gasteiger partial charge >= 0.3 is 0 Å². The molecule has 0 aromatic rings. The monoisotopic (exact) mass is 467 g/mol. The zero-order valence-electron chi connectivity index (χ0n) is 16.5. The molecule has 0 bridgehead atoms. The van der Waals surface area contributed by atoms with Gasteiger partial charge in [-0.05, 0) is 24.4 Å². The molecule has 31 heavy (non-hydrogen) atoms. The molecular weight excluding hydrogens is 442 g/mol. The van der Waals surface area contributed by atoms with Crippen LogP contribution in [0, 0.1) is 0 Å².